The second-order valence-corrected chi connectivity index (χ2v) is 4.14. The van der Waals surface area contributed by atoms with Crippen molar-refractivity contribution in [3.63, 3.8) is 0 Å². The number of methoxy groups -OCH3 is 1. The minimum atomic E-state index is 0.305. The van der Waals surface area contributed by atoms with Gasteiger partial charge < -0.3 is 14.6 Å². The van der Waals surface area contributed by atoms with Crippen molar-refractivity contribution in [2.24, 2.45) is 0 Å². The third kappa shape index (κ3) is 3.11. The zero-order valence-electron chi connectivity index (χ0n) is 10.3. The first-order valence-electron chi connectivity index (χ1n) is 5.78. The third-order valence-corrected chi connectivity index (χ3v) is 2.58. The number of hydrogen-bond acceptors (Lipinski definition) is 2. The Morgan fingerprint density at radius 3 is 2.71 bits per heavy atom. The molecule has 1 atom stereocenters. The lowest BCUT2D eigenvalue weighted by Crippen LogP contribution is -2.20. The first kappa shape index (κ1) is 11.7. The van der Waals surface area contributed by atoms with E-state index in [1.807, 2.05) is 24.5 Å². The fraction of sp³-hybridized carbons (Fsp3) is 0.286. The molecule has 0 radical (unpaired) electrons. The van der Waals surface area contributed by atoms with E-state index in [4.69, 9.17) is 4.74 Å². The standard InChI is InChI=1S/C14H18N2O/c1-12(11-17-2)15-13-6-5-7-14(10-13)16-8-3-4-9-16/h3-10,12,15H,11H2,1-2H3. The lowest BCUT2D eigenvalue weighted by atomic mass is 10.2. The summed E-state index contributed by atoms with van der Waals surface area (Å²) in [5.74, 6) is 0. The molecule has 0 bridgehead atoms. The molecule has 1 aromatic heterocycles. The van der Waals surface area contributed by atoms with Crippen molar-refractivity contribution in [1.82, 2.24) is 4.57 Å². The Bertz CT molecular complexity index is 451. The molecule has 2 rings (SSSR count). The van der Waals surface area contributed by atoms with Crippen LogP contribution in [0.4, 0.5) is 5.69 Å². The van der Waals surface area contributed by atoms with E-state index in [1.54, 1.807) is 7.11 Å². The van der Waals surface area contributed by atoms with E-state index in [0.717, 1.165) is 11.4 Å². The van der Waals surface area contributed by atoms with Gasteiger partial charge in [0.1, 0.15) is 0 Å². The first-order chi connectivity index (χ1) is 8.29. The molecule has 0 amide bonds. The van der Waals surface area contributed by atoms with Gasteiger partial charge in [-0.3, -0.25) is 0 Å². The minimum absolute atomic E-state index is 0.305. The molecule has 2 aromatic rings. The van der Waals surface area contributed by atoms with Gasteiger partial charge in [-0.1, -0.05) is 6.07 Å². The monoisotopic (exact) mass is 230 g/mol. The van der Waals surface area contributed by atoms with Crippen LogP contribution >= 0.6 is 0 Å². The molecule has 17 heavy (non-hydrogen) atoms. The van der Waals surface area contributed by atoms with Crippen LogP contribution in [0.3, 0.4) is 0 Å². The lowest BCUT2D eigenvalue weighted by Gasteiger charge is -2.15. The normalized spacial score (nSPS) is 12.4. The van der Waals surface area contributed by atoms with Crippen LogP contribution in [-0.4, -0.2) is 24.3 Å². The van der Waals surface area contributed by atoms with E-state index in [-0.39, 0.29) is 0 Å². The van der Waals surface area contributed by atoms with Crippen LogP contribution in [0.5, 0.6) is 0 Å². The summed E-state index contributed by atoms with van der Waals surface area (Å²) in [5, 5.41) is 3.41. The lowest BCUT2D eigenvalue weighted by molar-refractivity contribution is 0.190. The quantitative estimate of drug-likeness (QED) is 0.854. The highest BCUT2D eigenvalue weighted by molar-refractivity contribution is 5.51. The van der Waals surface area contributed by atoms with Crippen LogP contribution in [0, 0.1) is 0 Å². The second-order valence-electron chi connectivity index (χ2n) is 4.14. The van der Waals surface area contributed by atoms with E-state index in [9.17, 15) is 0 Å². The van der Waals surface area contributed by atoms with Gasteiger partial charge in [0, 0.05) is 36.9 Å². The zero-order valence-corrected chi connectivity index (χ0v) is 10.3. The number of benzene rings is 1. The van der Waals surface area contributed by atoms with Crippen molar-refractivity contribution in [1.29, 1.82) is 0 Å². The number of anilines is 1. The molecule has 0 aliphatic rings. The molecule has 0 spiro atoms. The Morgan fingerprint density at radius 2 is 2.00 bits per heavy atom. The predicted octanol–water partition coefficient (Wildman–Crippen LogP) is 2.92. The predicted molar refractivity (Wildman–Crippen MR) is 70.7 cm³/mol. The van der Waals surface area contributed by atoms with Crippen LogP contribution in [-0.2, 0) is 4.74 Å². The van der Waals surface area contributed by atoms with Crippen molar-refractivity contribution in [2.75, 3.05) is 19.0 Å². The zero-order chi connectivity index (χ0) is 12.1. The maximum absolute atomic E-state index is 5.11. The largest absolute Gasteiger partial charge is 0.383 e. The van der Waals surface area contributed by atoms with Crippen LogP contribution < -0.4 is 5.32 Å². The SMILES string of the molecule is COCC(C)Nc1cccc(-n2cccc2)c1. The summed E-state index contributed by atoms with van der Waals surface area (Å²) in [6.45, 7) is 2.81. The first-order valence-corrected chi connectivity index (χ1v) is 5.78. The average Bonchev–Trinajstić information content (AvgIpc) is 2.83. The maximum atomic E-state index is 5.11. The van der Waals surface area contributed by atoms with Crippen molar-refractivity contribution in [3.05, 3.63) is 48.8 Å². The van der Waals surface area contributed by atoms with Gasteiger partial charge in [0.2, 0.25) is 0 Å². The van der Waals surface area contributed by atoms with Crippen molar-refractivity contribution < 1.29 is 4.74 Å². The summed E-state index contributed by atoms with van der Waals surface area (Å²) in [5.41, 5.74) is 2.27. The Balaban J connectivity index is 2.12. The summed E-state index contributed by atoms with van der Waals surface area (Å²) in [7, 11) is 1.72. The van der Waals surface area contributed by atoms with Gasteiger partial charge in [-0.15, -0.1) is 0 Å². The fourth-order valence-electron chi connectivity index (χ4n) is 1.84. The molecule has 1 heterocycles. The Morgan fingerprint density at radius 1 is 1.24 bits per heavy atom. The molecular weight excluding hydrogens is 212 g/mol. The highest BCUT2D eigenvalue weighted by Gasteiger charge is 2.02. The van der Waals surface area contributed by atoms with E-state index in [2.05, 4.69) is 41.1 Å². The summed E-state index contributed by atoms with van der Waals surface area (Å²) in [6.07, 6.45) is 4.08. The van der Waals surface area contributed by atoms with Gasteiger partial charge in [0.25, 0.3) is 0 Å². The van der Waals surface area contributed by atoms with Crippen LogP contribution in [0.2, 0.25) is 0 Å². The number of aromatic nitrogens is 1. The van der Waals surface area contributed by atoms with Gasteiger partial charge in [0.05, 0.1) is 6.61 Å². The number of nitrogens with one attached hydrogen (secondary N) is 1. The van der Waals surface area contributed by atoms with Crippen molar-refractivity contribution >= 4 is 5.69 Å². The van der Waals surface area contributed by atoms with E-state index in [0.29, 0.717) is 12.6 Å². The van der Waals surface area contributed by atoms with Crippen LogP contribution in [0.25, 0.3) is 5.69 Å². The van der Waals surface area contributed by atoms with E-state index >= 15 is 0 Å². The van der Waals surface area contributed by atoms with Crippen molar-refractivity contribution in [3.8, 4) is 5.69 Å². The number of hydrogen-bond donors (Lipinski definition) is 1. The van der Waals surface area contributed by atoms with Gasteiger partial charge >= 0.3 is 0 Å². The molecule has 1 N–H and O–H groups in total. The number of ether oxygens (including phenoxy) is 1. The molecule has 0 saturated carbocycles. The molecule has 3 heteroatoms. The smallest absolute Gasteiger partial charge is 0.0661 e. The van der Waals surface area contributed by atoms with Crippen molar-refractivity contribution in [2.45, 2.75) is 13.0 Å². The Hall–Kier alpha value is -1.74. The molecule has 0 saturated heterocycles. The van der Waals surface area contributed by atoms with E-state index in [1.165, 1.54) is 0 Å². The molecule has 0 aliphatic heterocycles. The van der Waals surface area contributed by atoms with Crippen LogP contribution in [0.1, 0.15) is 6.92 Å². The Labute approximate surface area is 102 Å². The van der Waals surface area contributed by atoms with Gasteiger partial charge in [0.15, 0.2) is 0 Å². The number of nitrogens with zero attached hydrogens (tertiary/aromatic N) is 1. The maximum Gasteiger partial charge on any atom is 0.0661 e. The summed E-state index contributed by atoms with van der Waals surface area (Å²) in [4.78, 5) is 0. The average molecular weight is 230 g/mol. The third-order valence-electron chi connectivity index (χ3n) is 2.58. The molecule has 3 nitrogen and oxygen atoms in total. The van der Waals surface area contributed by atoms with Gasteiger partial charge in [-0.2, -0.15) is 0 Å². The molecular formula is C14H18N2O. The summed E-state index contributed by atoms with van der Waals surface area (Å²) < 4.78 is 7.20. The van der Waals surface area contributed by atoms with Crippen LogP contribution in [0.15, 0.2) is 48.8 Å². The minimum Gasteiger partial charge on any atom is -0.383 e. The highest BCUT2D eigenvalue weighted by Crippen LogP contribution is 2.15. The summed E-state index contributed by atoms with van der Waals surface area (Å²) in [6, 6.07) is 12.7. The molecule has 1 aromatic carbocycles. The van der Waals surface area contributed by atoms with Gasteiger partial charge in [-0.05, 0) is 37.3 Å². The van der Waals surface area contributed by atoms with Gasteiger partial charge in [-0.25, -0.2) is 0 Å². The second kappa shape index (κ2) is 5.55. The molecule has 0 aliphatic carbocycles. The molecule has 0 fully saturated rings. The Kier molecular flexibility index (Phi) is 3.83. The highest BCUT2D eigenvalue weighted by atomic mass is 16.5. The fourth-order valence-corrected chi connectivity index (χ4v) is 1.84. The molecule has 1 unspecified atom stereocenters. The number of rotatable bonds is 5. The topological polar surface area (TPSA) is 26.2 Å². The summed E-state index contributed by atoms with van der Waals surface area (Å²) >= 11 is 0. The molecule has 90 valence electrons. The van der Waals surface area contributed by atoms with E-state index < -0.39 is 0 Å².